The van der Waals surface area contributed by atoms with Crippen molar-refractivity contribution in [2.75, 3.05) is 20.1 Å². The van der Waals surface area contributed by atoms with Gasteiger partial charge in [-0.3, -0.25) is 0 Å². The van der Waals surface area contributed by atoms with Gasteiger partial charge in [-0.2, -0.15) is 0 Å². The Hall–Kier alpha value is -1.74. The molecule has 0 amide bonds. The number of rotatable bonds is 1. The summed E-state index contributed by atoms with van der Waals surface area (Å²) >= 11 is 0. The van der Waals surface area contributed by atoms with Crippen molar-refractivity contribution in [2.45, 2.75) is 17.9 Å². The Kier molecular flexibility index (Phi) is 2.27. The van der Waals surface area contributed by atoms with E-state index < -0.39 is 0 Å². The molecule has 1 aromatic heterocycles. The molecule has 3 heteroatoms. The SMILES string of the molecule is CN1CC[C@]2(c3ccco3)Oc3ccccc3[C@@H]2C1. The summed E-state index contributed by atoms with van der Waals surface area (Å²) in [7, 11) is 2.17. The summed E-state index contributed by atoms with van der Waals surface area (Å²) in [5, 5.41) is 0. The second-order valence-electron chi connectivity index (χ2n) is 5.57. The second kappa shape index (κ2) is 3.87. The van der Waals surface area contributed by atoms with Crippen LogP contribution < -0.4 is 4.74 Å². The molecule has 2 aliphatic rings. The first-order valence-electron chi connectivity index (χ1n) is 6.80. The van der Waals surface area contributed by atoms with Gasteiger partial charge in [-0.1, -0.05) is 18.2 Å². The van der Waals surface area contributed by atoms with Gasteiger partial charge in [-0.15, -0.1) is 0 Å². The van der Waals surface area contributed by atoms with E-state index in [2.05, 4.69) is 30.1 Å². The van der Waals surface area contributed by atoms with Crippen LogP contribution in [-0.2, 0) is 5.60 Å². The third kappa shape index (κ3) is 1.48. The molecule has 3 heterocycles. The number of likely N-dealkylation sites (N-methyl/N-ethyl adjacent to an activating group) is 1. The number of furan rings is 1. The van der Waals surface area contributed by atoms with Gasteiger partial charge in [0.1, 0.15) is 11.5 Å². The zero-order chi connectivity index (χ0) is 12.9. The lowest BCUT2D eigenvalue weighted by Crippen LogP contribution is -2.47. The monoisotopic (exact) mass is 255 g/mol. The van der Waals surface area contributed by atoms with Crippen LogP contribution in [0.2, 0.25) is 0 Å². The van der Waals surface area contributed by atoms with Crippen molar-refractivity contribution in [2.24, 2.45) is 0 Å². The van der Waals surface area contributed by atoms with Crippen molar-refractivity contribution in [3.05, 3.63) is 54.0 Å². The maximum absolute atomic E-state index is 6.37. The average molecular weight is 255 g/mol. The highest BCUT2D eigenvalue weighted by Crippen LogP contribution is 2.54. The normalized spacial score (nSPS) is 29.6. The van der Waals surface area contributed by atoms with Gasteiger partial charge < -0.3 is 14.1 Å². The zero-order valence-corrected chi connectivity index (χ0v) is 11.0. The van der Waals surface area contributed by atoms with E-state index in [1.807, 2.05) is 18.2 Å². The number of hydrogen-bond acceptors (Lipinski definition) is 3. The third-order valence-corrected chi connectivity index (χ3v) is 4.45. The molecule has 1 fully saturated rings. The number of likely N-dealkylation sites (tertiary alicyclic amines) is 1. The minimum atomic E-state index is -0.306. The summed E-state index contributed by atoms with van der Waals surface area (Å²) in [5.74, 6) is 2.33. The second-order valence-corrected chi connectivity index (χ2v) is 5.57. The van der Waals surface area contributed by atoms with Crippen LogP contribution in [-0.4, -0.2) is 25.0 Å². The Morgan fingerprint density at radius 3 is 2.95 bits per heavy atom. The van der Waals surface area contributed by atoms with E-state index in [-0.39, 0.29) is 5.60 Å². The predicted octanol–water partition coefficient (Wildman–Crippen LogP) is 2.99. The van der Waals surface area contributed by atoms with Crippen molar-refractivity contribution < 1.29 is 9.15 Å². The van der Waals surface area contributed by atoms with Crippen molar-refractivity contribution in [1.82, 2.24) is 4.90 Å². The van der Waals surface area contributed by atoms with E-state index in [1.165, 1.54) is 5.56 Å². The topological polar surface area (TPSA) is 25.6 Å². The van der Waals surface area contributed by atoms with Crippen LogP contribution in [0, 0.1) is 0 Å². The van der Waals surface area contributed by atoms with E-state index in [4.69, 9.17) is 9.15 Å². The summed E-state index contributed by atoms with van der Waals surface area (Å²) in [6.45, 7) is 2.04. The van der Waals surface area contributed by atoms with Crippen LogP contribution in [0.4, 0.5) is 0 Å². The van der Waals surface area contributed by atoms with Crippen LogP contribution in [0.1, 0.15) is 23.7 Å². The lowest BCUT2D eigenvalue weighted by molar-refractivity contribution is -0.0106. The Morgan fingerprint density at radius 1 is 1.21 bits per heavy atom. The molecule has 0 bridgehead atoms. The van der Waals surface area contributed by atoms with Crippen molar-refractivity contribution in [1.29, 1.82) is 0 Å². The van der Waals surface area contributed by atoms with Gasteiger partial charge in [-0.25, -0.2) is 0 Å². The number of benzene rings is 1. The highest BCUT2D eigenvalue weighted by atomic mass is 16.5. The summed E-state index contributed by atoms with van der Waals surface area (Å²) in [6, 6.07) is 12.4. The highest BCUT2D eigenvalue weighted by molar-refractivity contribution is 5.45. The summed E-state index contributed by atoms with van der Waals surface area (Å²) in [6.07, 6.45) is 2.71. The number of para-hydroxylation sites is 1. The minimum Gasteiger partial charge on any atom is -0.478 e. The van der Waals surface area contributed by atoms with E-state index in [0.29, 0.717) is 5.92 Å². The number of hydrogen-bond donors (Lipinski definition) is 0. The molecular weight excluding hydrogens is 238 g/mol. The van der Waals surface area contributed by atoms with Crippen LogP contribution >= 0.6 is 0 Å². The van der Waals surface area contributed by atoms with Gasteiger partial charge in [0, 0.05) is 31.0 Å². The smallest absolute Gasteiger partial charge is 0.175 e. The Morgan fingerprint density at radius 2 is 2.11 bits per heavy atom. The molecule has 0 unspecified atom stereocenters. The first-order valence-corrected chi connectivity index (χ1v) is 6.80. The molecule has 19 heavy (non-hydrogen) atoms. The van der Waals surface area contributed by atoms with Crippen LogP contribution in [0.5, 0.6) is 5.75 Å². The van der Waals surface area contributed by atoms with Gasteiger partial charge in [0.2, 0.25) is 0 Å². The molecule has 2 aromatic rings. The van der Waals surface area contributed by atoms with Crippen LogP contribution in [0.3, 0.4) is 0 Å². The zero-order valence-electron chi connectivity index (χ0n) is 11.0. The standard InChI is InChI=1S/C16H17NO2/c1-17-9-8-16(15-7-4-10-18-15)13(11-17)12-5-2-3-6-14(12)19-16/h2-7,10,13H,8-9,11H2,1H3/t13-,16-/m0/s1. The molecule has 1 saturated heterocycles. The Bertz CT molecular complexity index is 593. The molecule has 2 aliphatic heterocycles. The molecule has 4 rings (SSSR count). The number of nitrogens with zero attached hydrogens (tertiary/aromatic N) is 1. The molecule has 0 radical (unpaired) electrons. The van der Waals surface area contributed by atoms with E-state index in [0.717, 1.165) is 31.0 Å². The maximum atomic E-state index is 6.37. The van der Waals surface area contributed by atoms with Crippen molar-refractivity contribution in [3.63, 3.8) is 0 Å². The number of piperidine rings is 1. The maximum Gasteiger partial charge on any atom is 0.175 e. The van der Waals surface area contributed by atoms with Gasteiger partial charge in [-0.05, 0) is 25.2 Å². The Balaban J connectivity index is 1.86. The lowest BCUT2D eigenvalue weighted by atomic mass is 9.77. The third-order valence-electron chi connectivity index (χ3n) is 4.45. The Labute approximate surface area is 112 Å². The van der Waals surface area contributed by atoms with E-state index in [9.17, 15) is 0 Å². The fraction of sp³-hybridized carbons (Fsp3) is 0.375. The minimum absolute atomic E-state index is 0.306. The highest BCUT2D eigenvalue weighted by Gasteiger charge is 2.53. The fourth-order valence-electron chi connectivity index (χ4n) is 3.48. The van der Waals surface area contributed by atoms with Gasteiger partial charge in [0.25, 0.3) is 0 Å². The molecule has 1 aromatic carbocycles. The quantitative estimate of drug-likeness (QED) is 0.783. The average Bonchev–Trinajstić information content (AvgIpc) is 3.04. The molecule has 0 spiro atoms. The molecular formula is C16H17NO2. The molecule has 2 atom stereocenters. The first-order chi connectivity index (χ1) is 9.29. The molecule has 3 nitrogen and oxygen atoms in total. The largest absolute Gasteiger partial charge is 0.478 e. The summed E-state index contributed by atoms with van der Waals surface area (Å²) in [4.78, 5) is 2.37. The molecule has 98 valence electrons. The predicted molar refractivity (Wildman–Crippen MR) is 72.3 cm³/mol. The first kappa shape index (κ1) is 11.1. The van der Waals surface area contributed by atoms with Crippen molar-refractivity contribution in [3.8, 4) is 5.75 Å². The molecule has 0 saturated carbocycles. The summed E-state index contributed by atoms with van der Waals surface area (Å²) < 4.78 is 12.1. The molecule has 0 N–H and O–H groups in total. The number of ether oxygens (including phenoxy) is 1. The lowest BCUT2D eigenvalue weighted by Gasteiger charge is -2.40. The van der Waals surface area contributed by atoms with Gasteiger partial charge in [0.15, 0.2) is 5.60 Å². The van der Waals surface area contributed by atoms with Crippen LogP contribution in [0.25, 0.3) is 0 Å². The fourth-order valence-corrected chi connectivity index (χ4v) is 3.48. The molecule has 0 aliphatic carbocycles. The van der Waals surface area contributed by atoms with Crippen LogP contribution in [0.15, 0.2) is 47.1 Å². The number of fused-ring (bicyclic) bond motifs is 3. The van der Waals surface area contributed by atoms with Gasteiger partial charge in [0.05, 0.1) is 6.26 Å². The van der Waals surface area contributed by atoms with Gasteiger partial charge >= 0.3 is 0 Å². The van der Waals surface area contributed by atoms with E-state index in [1.54, 1.807) is 6.26 Å². The summed E-state index contributed by atoms with van der Waals surface area (Å²) in [5.41, 5.74) is 1.00. The van der Waals surface area contributed by atoms with Crippen molar-refractivity contribution >= 4 is 0 Å². The van der Waals surface area contributed by atoms with E-state index >= 15 is 0 Å².